The van der Waals surface area contributed by atoms with Crippen molar-refractivity contribution in [3.63, 3.8) is 0 Å². The number of aryl methyl sites for hydroxylation is 1. The van der Waals surface area contributed by atoms with Crippen LogP contribution in [-0.2, 0) is 4.79 Å². The van der Waals surface area contributed by atoms with Crippen molar-refractivity contribution in [2.75, 3.05) is 0 Å². The first-order valence-corrected chi connectivity index (χ1v) is 5.89. The lowest BCUT2D eigenvalue weighted by molar-refractivity contribution is -0.117. The highest BCUT2D eigenvalue weighted by molar-refractivity contribution is 7.96. The Labute approximate surface area is 114 Å². The molecule has 2 N–H and O–H groups in total. The number of thiol groups is 1. The molecule has 1 amide bonds. The summed E-state index contributed by atoms with van der Waals surface area (Å²) in [6.07, 6.45) is 3.17. The van der Waals surface area contributed by atoms with Crippen LogP contribution < -0.4 is 5.32 Å². The molecule has 2 heterocycles. The zero-order chi connectivity index (χ0) is 13.8. The first kappa shape index (κ1) is 13.2. The van der Waals surface area contributed by atoms with Crippen LogP contribution in [0.15, 0.2) is 22.5 Å². The summed E-state index contributed by atoms with van der Waals surface area (Å²) in [5, 5.41) is 17.9. The predicted octanol–water partition coefficient (Wildman–Crippen LogP) is 1.02. The third kappa shape index (κ3) is 3.38. The number of amides is 1. The van der Waals surface area contributed by atoms with Crippen LogP contribution in [-0.4, -0.2) is 32.5 Å². The Morgan fingerprint density at radius 3 is 3.11 bits per heavy atom. The molecule has 0 bridgehead atoms. The van der Waals surface area contributed by atoms with E-state index in [1.54, 1.807) is 6.20 Å². The van der Waals surface area contributed by atoms with E-state index in [9.17, 15) is 4.79 Å². The van der Waals surface area contributed by atoms with Crippen LogP contribution in [0.4, 0.5) is 0 Å². The summed E-state index contributed by atoms with van der Waals surface area (Å²) in [7, 11) is 0. The molecule has 0 aliphatic carbocycles. The quantitative estimate of drug-likeness (QED) is 0.331. The molecule has 0 saturated carbocycles. The van der Waals surface area contributed by atoms with Crippen LogP contribution in [0.2, 0.25) is 0 Å². The lowest BCUT2D eigenvalue weighted by Crippen LogP contribution is -2.23. The lowest BCUT2D eigenvalue weighted by Gasteiger charge is -1.95. The van der Waals surface area contributed by atoms with E-state index in [2.05, 4.69) is 43.3 Å². The number of fused-ring (bicyclic) bond motifs is 1. The molecule has 0 radical (unpaired) electrons. The molecule has 0 unspecified atom stereocenters. The van der Waals surface area contributed by atoms with E-state index >= 15 is 0 Å². The number of aromatic amines is 1. The van der Waals surface area contributed by atoms with Gasteiger partial charge >= 0.3 is 0 Å². The number of carbonyl (C=O) groups excluding carboxylic acids is 1. The van der Waals surface area contributed by atoms with Crippen LogP contribution >= 0.6 is 12.6 Å². The molecule has 98 valence electrons. The van der Waals surface area contributed by atoms with Gasteiger partial charge in [0, 0.05) is 24.1 Å². The summed E-state index contributed by atoms with van der Waals surface area (Å²) < 4.78 is 0. The van der Waals surface area contributed by atoms with Crippen molar-refractivity contribution in [3.05, 3.63) is 23.5 Å². The Kier molecular flexibility index (Phi) is 3.91. The molecular weight excluding hydrogens is 264 g/mol. The van der Waals surface area contributed by atoms with Gasteiger partial charge in [-0.05, 0) is 13.0 Å². The molecule has 0 spiro atoms. The number of rotatable bonds is 2. The zero-order valence-electron chi connectivity index (χ0n) is 10.4. The largest absolute Gasteiger partial charge is 0.304 e. The second-order valence-electron chi connectivity index (χ2n) is 3.82. The second kappa shape index (κ2) is 5.61. The molecule has 19 heavy (non-hydrogen) atoms. The van der Waals surface area contributed by atoms with Crippen molar-refractivity contribution in [3.8, 4) is 0 Å². The van der Waals surface area contributed by atoms with E-state index in [1.807, 2.05) is 13.0 Å². The van der Waals surface area contributed by atoms with Crippen LogP contribution in [0.3, 0.4) is 0 Å². The Bertz CT molecular complexity index is 675. The SMILES string of the molecule is CC(=O)N/C(S)=N/N=C/c1cnc2[nH]nc(C)c2c1. The van der Waals surface area contributed by atoms with Crippen molar-refractivity contribution < 1.29 is 4.79 Å². The molecule has 0 saturated heterocycles. The average molecular weight is 276 g/mol. The van der Waals surface area contributed by atoms with E-state index < -0.39 is 0 Å². The summed E-state index contributed by atoms with van der Waals surface area (Å²) in [5.74, 6) is -0.249. The summed E-state index contributed by atoms with van der Waals surface area (Å²) in [6, 6.07) is 1.90. The van der Waals surface area contributed by atoms with Gasteiger partial charge in [0.1, 0.15) is 0 Å². The van der Waals surface area contributed by atoms with Gasteiger partial charge < -0.3 is 5.32 Å². The Morgan fingerprint density at radius 2 is 2.37 bits per heavy atom. The minimum Gasteiger partial charge on any atom is -0.304 e. The molecule has 0 atom stereocenters. The monoisotopic (exact) mass is 276 g/mol. The molecular formula is C11H12N6OS. The van der Waals surface area contributed by atoms with Gasteiger partial charge in [0.05, 0.1) is 11.9 Å². The van der Waals surface area contributed by atoms with Crippen LogP contribution in [0.25, 0.3) is 11.0 Å². The number of amidine groups is 1. The van der Waals surface area contributed by atoms with Crippen LogP contribution in [0.1, 0.15) is 18.2 Å². The number of carbonyl (C=O) groups is 1. The molecule has 8 heteroatoms. The molecule has 2 aromatic heterocycles. The van der Waals surface area contributed by atoms with Gasteiger partial charge in [-0.15, -0.1) is 17.7 Å². The minimum absolute atomic E-state index is 0.136. The van der Waals surface area contributed by atoms with E-state index in [1.165, 1.54) is 13.1 Å². The molecule has 2 rings (SSSR count). The minimum atomic E-state index is -0.249. The molecule has 0 aromatic carbocycles. The Balaban J connectivity index is 2.16. The standard InChI is InChI=1S/C11H12N6OS/c1-6-9-3-8(4-12-10(9)16-15-6)5-13-17-11(19)14-7(2)18/h3-5H,1-2H3,(H,12,15,16)(H2,14,17,18,19)/b13-5+. The van der Waals surface area contributed by atoms with Gasteiger partial charge in [-0.3, -0.25) is 9.89 Å². The van der Waals surface area contributed by atoms with Gasteiger partial charge in [-0.25, -0.2) is 4.98 Å². The fourth-order valence-corrected chi connectivity index (χ4v) is 1.66. The normalized spacial score (nSPS) is 12.3. The topological polar surface area (TPSA) is 95.4 Å². The smallest absolute Gasteiger partial charge is 0.222 e. The first-order chi connectivity index (χ1) is 9.06. The average Bonchev–Trinajstić information content (AvgIpc) is 2.70. The van der Waals surface area contributed by atoms with Gasteiger partial charge in [0.25, 0.3) is 0 Å². The van der Waals surface area contributed by atoms with Gasteiger partial charge in [-0.1, -0.05) is 0 Å². The number of aromatic nitrogens is 3. The predicted molar refractivity (Wildman–Crippen MR) is 76.5 cm³/mol. The van der Waals surface area contributed by atoms with Gasteiger partial charge in [0.2, 0.25) is 5.91 Å². The summed E-state index contributed by atoms with van der Waals surface area (Å²) >= 11 is 3.95. The van der Waals surface area contributed by atoms with Gasteiger partial charge in [0.15, 0.2) is 10.8 Å². The van der Waals surface area contributed by atoms with Crippen molar-refractivity contribution >= 4 is 41.0 Å². The number of nitrogens with one attached hydrogen (secondary N) is 2. The highest BCUT2D eigenvalue weighted by Crippen LogP contribution is 2.13. The van der Waals surface area contributed by atoms with Crippen molar-refractivity contribution in [1.82, 2.24) is 20.5 Å². The van der Waals surface area contributed by atoms with Crippen LogP contribution in [0, 0.1) is 6.92 Å². The first-order valence-electron chi connectivity index (χ1n) is 5.44. The van der Waals surface area contributed by atoms with Crippen molar-refractivity contribution in [2.24, 2.45) is 10.2 Å². The summed E-state index contributed by atoms with van der Waals surface area (Å²) in [5.41, 5.74) is 2.38. The third-order valence-corrected chi connectivity index (χ3v) is 2.48. The Morgan fingerprint density at radius 1 is 1.58 bits per heavy atom. The van der Waals surface area contributed by atoms with Crippen LogP contribution in [0.5, 0.6) is 0 Å². The summed E-state index contributed by atoms with van der Waals surface area (Å²) in [6.45, 7) is 3.26. The summed E-state index contributed by atoms with van der Waals surface area (Å²) in [4.78, 5) is 14.9. The molecule has 0 aliphatic heterocycles. The van der Waals surface area contributed by atoms with E-state index in [4.69, 9.17) is 0 Å². The molecule has 0 aliphatic rings. The number of H-pyrrole nitrogens is 1. The highest BCUT2D eigenvalue weighted by Gasteiger charge is 2.02. The number of nitrogens with zero attached hydrogens (tertiary/aromatic N) is 4. The fourth-order valence-electron chi connectivity index (χ4n) is 1.45. The maximum atomic E-state index is 10.7. The number of pyridine rings is 1. The zero-order valence-corrected chi connectivity index (χ0v) is 11.3. The third-order valence-electron chi connectivity index (χ3n) is 2.28. The Hall–Kier alpha value is -2.22. The highest BCUT2D eigenvalue weighted by atomic mass is 32.1. The molecule has 2 aromatic rings. The molecule has 0 fully saturated rings. The second-order valence-corrected chi connectivity index (χ2v) is 4.25. The number of hydrogen-bond donors (Lipinski definition) is 3. The maximum absolute atomic E-state index is 10.7. The van der Waals surface area contributed by atoms with E-state index in [-0.39, 0.29) is 11.1 Å². The van der Waals surface area contributed by atoms with E-state index in [0.717, 1.165) is 22.3 Å². The van der Waals surface area contributed by atoms with Gasteiger partial charge in [-0.2, -0.15) is 10.2 Å². The van der Waals surface area contributed by atoms with E-state index in [0.29, 0.717) is 0 Å². The maximum Gasteiger partial charge on any atom is 0.222 e. The number of hydrogen-bond acceptors (Lipinski definition) is 5. The van der Waals surface area contributed by atoms with Crippen molar-refractivity contribution in [1.29, 1.82) is 0 Å². The van der Waals surface area contributed by atoms with Crippen molar-refractivity contribution in [2.45, 2.75) is 13.8 Å². The lowest BCUT2D eigenvalue weighted by atomic mass is 10.2. The molecule has 7 nitrogen and oxygen atoms in total. The fraction of sp³-hybridized carbons (Fsp3) is 0.182.